The Morgan fingerprint density at radius 2 is 2.09 bits per heavy atom. The third-order valence-corrected chi connectivity index (χ3v) is 6.30. The van der Waals surface area contributed by atoms with Gasteiger partial charge in [0.25, 0.3) is 0 Å². The molecule has 0 aromatic carbocycles. The largest absolute Gasteiger partial charge is 0.503 e. The van der Waals surface area contributed by atoms with Crippen LogP contribution >= 0.6 is 0 Å². The van der Waals surface area contributed by atoms with E-state index in [1.165, 1.54) is 6.42 Å². The first-order valence-electron chi connectivity index (χ1n) is 11.7. The average molecular weight is 440 g/mol. The number of aromatic hydroxyl groups is 1. The molecular formula is C24H35N6O2+. The second-order valence-electron chi connectivity index (χ2n) is 8.91. The Bertz CT molecular complexity index is 1060. The van der Waals surface area contributed by atoms with E-state index < -0.39 is 0 Å². The van der Waals surface area contributed by atoms with Crippen LogP contribution in [0.5, 0.6) is 5.75 Å². The highest BCUT2D eigenvalue weighted by Crippen LogP contribution is 2.29. The minimum atomic E-state index is 0.189. The van der Waals surface area contributed by atoms with Crippen molar-refractivity contribution in [3.05, 3.63) is 41.9 Å². The minimum absolute atomic E-state index is 0.189. The van der Waals surface area contributed by atoms with Crippen molar-refractivity contribution >= 4 is 17.3 Å². The quantitative estimate of drug-likeness (QED) is 0.467. The lowest BCUT2D eigenvalue weighted by Gasteiger charge is -2.36. The van der Waals surface area contributed by atoms with Crippen molar-refractivity contribution in [2.75, 3.05) is 23.4 Å². The van der Waals surface area contributed by atoms with Crippen LogP contribution in [0.15, 0.2) is 30.7 Å². The molecule has 0 saturated carbocycles. The van der Waals surface area contributed by atoms with E-state index in [-0.39, 0.29) is 18.4 Å². The predicted molar refractivity (Wildman–Crippen MR) is 125 cm³/mol. The summed E-state index contributed by atoms with van der Waals surface area (Å²) in [7, 11) is 0. The van der Waals surface area contributed by atoms with E-state index in [0.717, 1.165) is 60.6 Å². The summed E-state index contributed by atoms with van der Waals surface area (Å²) in [5.41, 5.74) is 2.97. The first kappa shape index (κ1) is 22.3. The molecule has 4 heterocycles. The Labute approximate surface area is 189 Å². The third-order valence-electron chi connectivity index (χ3n) is 6.30. The van der Waals surface area contributed by atoms with Crippen molar-refractivity contribution in [3.63, 3.8) is 0 Å². The van der Waals surface area contributed by atoms with Gasteiger partial charge in [0, 0.05) is 42.9 Å². The number of aryl methyl sites for hydroxylation is 1. The van der Waals surface area contributed by atoms with E-state index in [1.807, 2.05) is 15.3 Å². The maximum Gasteiger partial charge on any atom is 0.211 e. The van der Waals surface area contributed by atoms with Crippen molar-refractivity contribution in [2.24, 2.45) is 0 Å². The highest BCUT2D eigenvalue weighted by Gasteiger charge is 2.25. The number of rotatable bonds is 8. The lowest BCUT2D eigenvalue weighted by atomic mass is 9.99. The standard InChI is InChI=1S/C24H34N6O2/c1-4-19-14-26-30-22(25-13-18-11-21(32)16-28(15-18)17(2)3)12-23(27-24(19)30)29-9-6-5-7-20(29)8-10-31/h11-12,14-17,20,31H,4-10,13H2,1-3H3,(H-,25,26,27,32)/p+1/t20-/m0/s1. The van der Waals surface area contributed by atoms with Crippen LogP contribution < -0.4 is 14.8 Å². The zero-order valence-corrected chi connectivity index (χ0v) is 19.3. The predicted octanol–water partition coefficient (Wildman–Crippen LogP) is 3.22. The van der Waals surface area contributed by atoms with E-state index in [1.54, 1.807) is 12.3 Å². The van der Waals surface area contributed by atoms with Crippen molar-refractivity contribution < 1.29 is 14.8 Å². The summed E-state index contributed by atoms with van der Waals surface area (Å²) in [6, 6.07) is 4.42. The zero-order valence-electron chi connectivity index (χ0n) is 19.3. The molecular weight excluding hydrogens is 404 g/mol. The van der Waals surface area contributed by atoms with Gasteiger partial charge in [-0.25, -0.2) is 4.98 Å². The van der Waals surface area contributed by atoms with Gasteiger partial charge >= 0.3 is 0 Å². The van der Waals surface area contributed by atoms with Gasteiger partial charge in [0.15, 0.2) is 23.6 Å². The first-order chi connectivity index (χ1) is 15.5. The molecule has 1 saturated heterocycles. The summed E-state index contributed by atoms with van der Waals surface area (Å²) in [5, 5.41) is 27.8. The maximum atomic E-state index is 10.1. The molecule has 0 bridgehead atoms. The molecule has 8 heteroatoms. The molecule has 3 aromatic rings. The molecule has 0 spiro atoms. The molecule has 172 valence electrons. The van der Waals surface area contributed by atoms with Crippen LogP contribution in [0.2, 0.25) is 0 Å². The summed E-state index contributed by atoms with van der Waals surface area (Å²) in [6.07, 6.45) is 10.7. The molecule has 3 N–H and O–H groups in total. The molecule has 0 aliphatic carbocycles. The number of piperidine rings is 1. The number of hydrogen-bond donors (Lipinski definition) is 3. The number of aliphatic hydroxyl groups excluding tert-OH is 1. The Balaban J connectivity index is 1.68. The van der Waals surface area contributed by atoms with Gasteiger partial charge in [-0.1, -0.05) is 6.92 Å². The summed E-state index contributed by atoms with van der Waals surface area (Å²) >= 11 is 0. The monoisotopic (exact) mass is 439 g/mol. The van der Waals surface area contributed by atoms with Gasteiger partial charge < -0.3 is 20.4 Å². The van der Waals surface area contributed by atoms with Gasteiger partial charge in [0.1, 0.15) is 11.6 Å². The second kappa shape index (κ2) is 9.73. The number of hydrogen-bond acceptors (Lipinski definition) is 6. The zero-order chi connectivity index (χ0) is 22.7. The first-order valence-corrected chi connectivity index (χ1v) is 11.7. The fourth-order valence-corrected chi connectivity index (χ4v) is 4.50. The van der Waals surface area contributed by atoms with E-state index in [4.69, 9.17) is 4.98 Å². The third kappa shape index (κ3) is 4.65. The number of fused-ring (bicyclic) bond motifs is 1. The number of aromatic nitrogens is 4. The fraction of sp³-hybridized carbons (Fsp3) is 0.542. The molecule has 1 aliphatic heterocycles. The van der Waals surface area contributed by atoms with Crippen LogP contribution in [0.3, 0.4) is 0 Å². The topological polar surface area (TPSA) is 89.8 Å². The van der Waals surface area contributed by atoms with Gasteiger partial charge in [0.2, 0.25) is 6.20 Å². The molecule has 32 heavy (non-hydrogen) atoms. The lowest BCUT2D eigenvalue weighted by molar-refractivity contribution is -0.716. The van der Waals surface area contributed by atoms with Gasteiger partial charge in [-0.3, -0.25) is 0 Å². The Kier molecular flexibility index (Phi) is 6.79. The van der Waals surface area contributed by atoms with Gasteiger partial charge in [-0.15, -0.1) is 0 Å². The molecule has 4 rings (SSSR count). The molecule has 8 nitrogen and oxygen atoms in total. The number of aliphatic hydroxyl groups is 1. The molecule has 1 atom stereocenters. The summed E-state index contributed by atoms with van der Waals surface area (Å²) in [5.74, 6) is 2.06. The van der Waals surface area contributed by atoms with Crippen LogP contribution in [0.25, 0.3) is 5.65 Å². The van der Waals surface area contributed by atoms with E-state index in [2.05, 4.69) is 48.3 Å². The molecule has 1 fully saturated rings. The number of anilines is 2. The van der Waals surface area contributed by atoms with Gasteiger partial charge in [0.05, 0.1) is 6.20 Å². The summed E-state index contributed by atoms with van der Waals surface area (Å²) < 4.78 is 3.88. The number of pyridine rings is 1. The number of nitrogens with one attached hydrogen (secondary N) is 1. The minimum Gasteiger partial charge on any atom is -0.503 e. The Morgan fingerprint density at radius 3 is 2.84 bits per heavy atom. The summed E-state index contributed by atoms with van der Waals surface area (Å²) in [4.78, 5) is 7.34. The second-order valence-corrected chi connectivity index (χ2v) is 8.91. The van der Waals surface area contributed by atoms with Crippen LogP contribution in [-0.4, -0.2) is 44.0 Å². The molecule has 0 radical (unpaired) electrons. The van der Waals surface area contributed by atoms with Crippen LogP contribution in [0, 0.1) is 0 Å². The molecule has 1 aliphatic rings. The van der Waals surface area contributed by atoms with Crippen molar-refractivity contribution in [1.82, 2.24) is 14.6 Å². The van der Waals surface area contributed by atoms with E-state index >= 15 is 0 Å². The van der Waals surface area contributed by atoms with Crippen molar-refractivity contribution in [3.8, 4) is 5.75 Å². The highest BCUT2D eigenvalue weighted by atomic mass is 16.3. The van der Waals surface area contributed by atoms with Gasteiger partial charge in [-0.05, 0) is 52.0 Å². The van der Waals surface area contributed by atoms with Crippen LogP contribution in [0.4, 0.5) is 11.6 Å². The van der Waals surface area contributed by atoms with Gasteiger partial charge in [-0.2, -0.15) is 14.2 Å². The summed E-state index contributed by atoms with van der Waals surface area (Å²) in [6.45, 7) is 7.99. The maximum absolute atomic E-state index is 10.1. The Morgan fingerprint density at radius 1 is 1.25 bits per heavy atom. The molecule has 0 amide bonds. The smallest absolute Gasteiger partial charge is 0.211 e. The van der Waals surface area contributed by atoms with Crippen molar-refractivity contribution in [1.29, 1.82) is 0 Å². The van der Waals surface area contributed by atoms with Crippen molar-refractivity contribution in [2.45, 2.75) is 71.5 Å². The number of nitrogens with zero attached hydrogens (tertiary/aromatic N) is 5. The molecule has 3 aromatic heterocycles. The van der Waals surface area contributed by atoms with Crippen LogP contribution in [-0.2, 0) is 13.0 Å². The van der Waals surface area contributed by atoms with Crippen LogP contribution in [0.1, 0.15) is 63.6 Å². The van der Waals surface area contributed by atoms with E-state index in [0.29, 0.717) is 12.6 Å². The lowest BCUT2D eigenvalue weighted by Crippen LogP contribution is -2.40. The highest BCUT2D eigenvalue weighted by molar-refractivity contribution is 5.61. The normalized spacial score (nSPS) is 16.8. The average Bonchev–Trinajstić information content (AvgIpc) is 3.21. The fourth-order valence-electron chi connectivity index (χ4n) is 4.50. The molecule has 0 unspecified atom stereocenters. The Hall–Kier alpha value is -2.87. The van der Waals surface area contributed by atoms with E-state index in [9.17, 15) is 10.2 Å². The SMILES string of the molecule is CCc1cnn2c(NCc3cc(O)c[n+](C(C)C)c3)cc(N3CCCC[C@H]3CCO)nc12.